The average molecular weight is 334 g/mol. The van der Waals surface area contributed by atoms with Crippen molar-refractivity contribution in [1.29, 1.82) is 0 Å². The van der Waals surface area contributed by atoms with Crippen LogP contribution in [-0.4, -0.2) is 15.0 Å². The molecule has 0 atom stereocenters. The van der Waals surface area contributed by atoms with Gasteiger partial charge in [-0.15, -0.1) is 0 Å². The quantitative estimate of drug-likeness (QED) is 0.692. The number of nitrogens with zero attached hydrogens (tertiary/aromatic N) is 3. The van der Waals surface area contributed by atoms with Crippen LogP contribution in [0.3, 0.4) is 0 Å². The van der Waals surface area contributed by atoms with Crippen LogP contribution in [0.4, 0.5) is 0 Å². The standard InChI is InChI=1S/C15H10Cl2N3P/c16-13-18-14(17)20-15(19-13)21(11-7-3-1-4-8-11)12-9-5-2-6-10-12/h1-10H. The topological polar surface area (TPSA) is 38.7 Å². The fourth-order valence-corrected chi connectivity index (χ4v) is 4.52. The highest BCUT2D eigenvalue weighted by Crippen LogP contribution is 2.31. The fraction of sp³-hybridized carbons (Fsp3) is 0. The van der Waals surface area contributed by atoms with Gasteiger partial charge in [-0.2, -0.15) is 15.0 Å². The highest BCUT2D eigenvalue weighted by Gasteiger charge is 2.20. The highest BCUT2D eigenvalue weighted by molar-refractivity contribution is 7.79. The lowest BCUT2D eigenvalue weighted by Crippen LogP contribution is -2.25. The van der Waals surface area contributed by atoms with Crippen LogP contribution in [0.2, 0.25) is 10.6 Å². The van der Waals surface area contributed by atoms with E-state index in [9.17, 15) is 0 Å². The van der Waals surface area contributed by atoms with Gasteiger partial charge in [0.1, 0.15) is 0 Å². The van der Waals surface area contributed by atoms with Crippen molar-refractivity contribution in [3.8, 4) is 0 Å². The van der Waals surface area contributed by atoms with Crippen LogP contribution in [0.15, 0.2) is 60.7 Å². The lowest BCUT2D eigenvalue weighted by Gasteiger charge is -2.16. The van der Waals surface area contributed by atoms with Crippen LogP contribution >= 0.6 is 31.1 Å². The molecule has 0 saturated carbocycles. The van der Waals surface area contributed by atoms with Gasteiger partial charge in [0.2, 0.25) is 10.6 Å². The third-order valence-electron chi connectivity index (χ3n) is 2.80. The van der Waals surface area contributed by atoms with Gasteiger partial charge in [0.05, 0.1) is 0 Å². The van der Waals surface area contributed by atoms with E-state index in [-0.39, 0.29) is 10.6 Å². The summed E-state index contributed by atoms with van der Waals surface area (Å²) in [6, 6.07) is 20.2. The maximum Gasteiger partial charge on any atom is 0.227 e. The summed E-state index contributed by atoms with van der Waals surface area (Å²) in [5, 5.41) is 2.50. The molecule has 3 aromatic rings. The van der Waals surface area contributed by atoms with E-state index in [0.29, 0.717) is 5.57 Å². The van der Waals surface area contributed by atoms with Crippen molar-refractivity contribution >= 4 is 47.3 Å². The van der Waals surface area contributed by atoms with E-state index in [2.05, 4.69) is 39.2 Å². The van der Waals surface area contributed by atoms with E-state index in [4.69, 9.17) is 23.2 Å². The summed E-state index contributed by atoms with van der Waals surface area (Å²) in [7, 11) is -0.910. The summed E-state index contributed by atoms with van der Waals surface area (Å²) in [5.41, 5.74) is 0.604. The van der Waals surface area contributed by atoms with Gasteiger partial charge in [0.25, 0.3) is 0 Å². The van der Waals surface area contributed by atoms with E-state index in [1.807, 2.05) is 36.4 Å². The molecule has 0 fully saturated rings. The molecule has 104 valence electrons. The Hall–Kier alpha value is -1.54. The van der Waals surface area contributed by atoms with Crippen molar-refractivity contribution in [2.24, 2.45) is 0 Å². The van der Waals surface area contributed by atoms with Crippen LogP contribution in [-0.2, 0) is 0 Å². The van der Waals surface area contributed by atoms with Gasteiger partial charge in [-0.3, -0.25) is 0 Å². The van der Waals surface area contributed by atoms with Gasteiger partial charge in [0, 0.05) is 7.92 Å². The molecular formula is C15H10Cl2N3P. The SMILES string of the molecule is Clc1nc(Cl)nc(P(c2ccccc2)c2ccccc2)n1. The van der Waals surface area contributed by atoms with Crippen molar-refractivity contribution in [1.82, 2.24) is 15.0 Å². The van der Waals surface area contributed by atoms with E-state index in [1.54, 1.807) is 0 Å². The summed E-state index contributed by atoms with van der Waals surface area (Å²) < 4.78 is 0. The first-order valence-corrected chi connectivity index (χ1v) is 8.31. The normalized spacial score (nSPS) is 10.8. The molecule has 21 heavy (non-hydrogen) atoms. The Morgan fingerprint density at radius 1 is 0.619 bits per heavy atom. The second kappa shape index (κ2) is 6.48. The molecule has 0 aliphatic rings. The van der Waals surface area contributed by atoms with Gasteiger partial charge in [-0.05, 0) is 33.8 Å². The van der Waals surface area contributed by atoms with Gasteiger partial charge in [-0.25, -0.2) is 0 Å². The first kappa shape index (κ1) is 14.4. The molecule has 1 aromatic heterocycles. The molecule has 0 amide bonds. The molecule has 0 N–H and O–H groups in total. The monoisotopic (exact) mass is 333 g/mol. The van der Waals surface area contributed by atoms with E-state index < -0.39 is 7.92 Å². The average Bonchev–Trinajstić information content (AvgIpc) is 2.49. The summed E-state index contributed by atoms with van der Waals surface area (Å²) in [6.45, 7) is 0. The molecule has 0 unspecified atom stereocenters. The first-order chi connectivity index (χ1) is 10.2. The maximum absolute atomic E-state index is 5.93. The van der Waals surface area contributed by atoms with E-state index >= 15 is 0 Å². The molecule has 3 rings (SSSR count). The van der Waals surface area contributed by atoms with Gasteiger partial charge in [0.15, 0.2) is 5.57 Å². The molecule has 2 aromatic carbocycles. The first-order valence-electron chi connectivity index (χ1n) is 6.21. The zero-order valence-corrected chi connectivity index (χ0v) is 13.2. The number of rotatable bonds is 3. The molecule has 3 nitrogen and oxygen atoms in total. The van der Waals surface area contributed by atoms with Crippen molar-refractivity contribution < 1.29 is 0 Å². The number of benzene rings is 2. The highest BCUT2D eigenvalue weighted by atomic mass is 35.5. The molecule has 0 spiro atoms. The van der Waals surface area contributed by atoms with Crippen LogP contribution in [0.25, 0.3) is 0 Å². The predicted octanol–water partition coefficient (Wildman–Crippen LogP) is 2.94. The molecule has 0 saturated heterocycles. The van der Waals surface area contributed by atoms with Crippen LogP contribution in [0.5, 0.6) is 0 Å². The summed E-state index contributed by atoms with van der Waals surface area (Å²) in [5.74, 6) is 0. The summed E-state index contributed by atoms with van der Waals surface area (Å²) in [4.78, 5) is 12.4. The molecule has 0 aliphatic heterocycles. The Kier molecular flexibility index (Phi) is 4.45. The largest absolute Gasteiger partial charge is 0.227 e. The van der Waals surface area contributed by atoms with Gasteiger partial charge in [-0.1, -0.05) is 60.7 Å². The second-order valence-corrected chi connectivity index (χ2v) is 6.96. The van der Waals surface area contributed by atoms with Gasteiger partial charge < -0.3 is 0 Å². The lowest BCUT2D eigenvalue weighted by molar-refractivity contribution is 1.09. The van der Waals surface area contributed by atoms with Crippen molar-refractivity contribution in [3.05, 3.63) is 71.2 Å². The Morgan fingerprint density at radius 3 is 1.48 bits per heavy atom. The molecule has 0 aliphatic carbocycles. The Balaban J connectivity index is 2.17. The number of aromatic nitrogens is 3. The number of halogens is 2. The number of hydrogen-bond donors (Lipinski definition) is 0. The molecule has 0 bridgehead atoms. The van der Waals surface area contributed by atoms with Crippen LogP contribution in [0.1, 0.15) is 0 Å². The number of hydrogen-bond acceptors (Lipinski definition) is 3. The summed E-state index contributed by atoms with van der Waals surface area (Å²) in [6.07, 6.45) is 0. The second-order valence-electron chi connectivity index (χ2n) is 4.18. The minimum Gasteiger partial charge on any atom is -0.197 e. The minimum absolute atomic E-state index is 0.115. The zero-order chi connectivity index (χ0) is 14.7. The fourth-order valence-electron chi connectivity index (χ4n) is 1.95. The van der Waals surface area contributed by atoms with E-state index in [1.165, 1.54) is 0 Å². The Bertz CT molecular complexity index is 679. The molecular weight excluding hydrogens is 324 g/mol. The predicted molar refractivity (Wildman–Crippen MR) is 88.6 cm³/mol. The maximum atomic E-state index is 5.93. The summed E-state index contributed by atoms with van der Waals surface area (Å²) >= 11 is 11.9. The Labute approximate surface area is 133 Å². The molecule has 6 heteroatoms. The Morgan fingerprint density at radius 2 is 1.05 bits per heavy atom. The van der Waals surface area contributed by atoms with Gasteiger partial charge >= 0.3 is 0 Å². The van der Waals surface area contributed by atoms with E-state index in [0.717, 1.165) is 10.6 Å². The smallest absolute Gasteiger partial charge is 0.197 e. The van der Waals surface area contributed by atoms with Crippen LogP contribution in [0, 0.1) is 0 Å². The minimum atomic E-state index is -0.910. The lowest BCUT2D eigenvalue weighted by atomic mass is 10.4. The third kappa shape index (κ3) is 3.38. The van der Waals surface area contributed by atoms with Crippen LogP contribution < -0.4 is 16.2 Å². The van der Waals surface area contributed by atoms with Crippen molar-refractivity contribution in [3.63, 3.8) is 0 Å². The zero-order valence-electron chi connectivity index (χ0n) is 10.8. The third-order valence-corrected chi connectivity index (χ3v) is 5.36. The molecule has 0 radical (unpaired) electrons. The van der Waals surface area contributed by atoms with Crippen molar-refractivity contribution in [2.45, 2.75) is 0 Å². The van der Waals surface area contributed by atoms with Crippen molar-refractivity contribution in [2.75, 3.05) is 0 Å². The molecule has 1 heterocycles.